The van der Waals surface area contributed by atoms with Crippen LogP contribution in [0.5, 0.6) is 0 Å². The number of aromatic nitrogens is 1. The molecule has 0 bridgehead atoms. The summed E-state index contributed by atoms with van der Waals surface area (Å²) in [6.07, 6.45) is 5.62. The van der Waals surface area contributed by atoms with Crippen LogP contribution in [0.3, 0.4) is 0 Å². The van der Waals surface area contributed by atoms with Gasteiger partial charge in [0.25, 0.3) is 5.91 Å². The first-order valence-corrected chi connectivity index (χ1v) is 11.9. The Morgan fingerprint density at radius 1 is 1.17 bits per heavy atom. The number of fused-ring (bicyclic) bond motifs is 1. The highest BCUT2D eigenvalue weighted by Crippen LogP contribution is 2.22. The highest BCUT2D eigenvalue weighted by atomic mass is 32.2. The topological polar surface area (TPSA) is 68.5 Å². The van der Waals surface area contributed by atoms with E-state index in [-0.39, 0.29) is 17.2 Å². The maximum Gasteiger partial charge on any atom is 0.252 e. The van der Waals surface area contributed by atoms with Crippen molar-refractivity contribution in [2.75, 3.05) is 0 Å². The van der Waals surface area contributed by atoms with E-state index >= 15 is 0 Å². The van der Waals surface area contributed by atoms with E-state index in [0.29, 0.717) is 16.9 Å². The lowest BCUT2D eigenvalue weighted by molar-refractivity contribution is -0.117. The normalized spacial score (nSPS) is 12.5. The zero-order valence-electron chi connectivity index (χ0n) is 17.5. The fourth-order valence-corrected chi connectivity index (χ4v) is 5.23. The van der Waals surface area contributed by atoms with Crippen molar-refractivity contribution in [2.45, 2.75) is 50.8 Å². The van der Waals surface area contributed by atoms with Crippen LogP contribution in [0.1, 0.15) is 30.5 Å². The quantitative estimate of drug-likeness (QED) is 0.567. The van der Waals surface area contributed by atoms with E-state index in [2.05, 4.69) is 23.0 Å². The number of sulfone groups is 1. The molecule has 156 valence electrons. The molecule has 3 rings (SSSR count). The molecular formula is C23H24N2O3S2. The van der Waals surface area contributed by atoms with Gasteiger partial charge in [0.1, 0.15) is 0 Å². The molecule has 0 unspecified atom stereocenters. The molecule has 0 N–H and O–H groups in total. The standard InChI is InChI=1S/C23H24N2O3S2/c1-6-11-25-20-12-16(4)17(5)13-21(20)29-23(25)24-22(26)14-18-7-9-19(10-8-18)30(27,28)15(2)3/h1,7-10,12-13,15H,11,14H2,2-5H3. The maximum absolute atomic E-state index is 12.6. The first kappa shape index (κ1) is 22.0. The average Bonchev–Trinajstić information content (AvgIpc) is 2.99. The van der Waals surface area contributed by atoms with Gasteiger partial charge < -0.3 is 4.57 Å². The van der Waals surface area contributed by atoms with Crippen LogP contribution in [-0.4, -0.2) is 24.1 Å². The van der Waals surface area contributed by atoms with Crippen LogP contribution in [-0.2, 0) is 27.6 Å². The van der Waals surface area contributed by atoms with Gasteiger partial charge in [-0.05, 0) is 68.7 Å². The van der Waals surface area contributed by atoms with E-state index in [1.807, 2.05) is 18.4 Å². The second-order valence-electron chi connectivity index (χ2n) is 7.50. The van der Waals surface area contributed by atoms with Crippen molar-refractivity contribution >= 4 is 37.3 Å². The minimum atomic E-state index is -3.33. The van der Waals surface area contributed by atoms with Crippen molar-refractivity contribution in [2.24, 2.45) is 4.99 Å². The number of amides is 1. The van der Waals surface area contributed by atoms with E-state index in [9.17, 15) is 13.2 Å². The van der Waals surface area contributed by atoms with Gasteiger partial charge in [0.15, 0.2) is 14.6 Å². The second kappa shape index (κ2) is 8.58. The van der Waals surface area contributed by atoms with Gasteiger partial charge >= 0.3 is 0 Å². The Bertz CT molecular complexity index is 1320. The maximum atomic E-state index is 12.6. The molecule has 0 radical (unpaired) electrons. The number of hydrogen-bond donors (Lipinski definition) is 0. The highest BCUT2D eigenvalue weighted by molar-refractivity contribution is 7.92. The van der Waals surface area contributed by atoms with E-state index in [0.717, 1.165) is 15.8 Å². The van der Waals surface area contributed by atoms with E-state index in [1.54, 1.807) is 38.1 Å². The van der Waals surface area contributed by atoms with Crippen molar-refractivity contribution in [3.8, 4) is 12.3 Å². The molecule has 2 aromatic carbocycles. The summed E-state index contributed by atoms with van der Waals surface area (Å²) < 4.78 is 27.4. The third-order valence-electron chi connectivity index (χ3n) is 5.00. The van der Waals surface area contributed by atoms with Gasteiger partial charge in [-0.3, -0.25) is 4.79 Å². The molecular weight excluding hydrogens is 416 g/mol. The largest absolute Gasteiger partial charge is 0.305 e. The number of terminal acetylenes is 1. The summed E-state index contributed by atoms with van der Waals surface area (Å²) in [5, 5.41) is -0.494. The van der Waals surface area contributed by atoms with Gasteiger partial charge in [-0.25, -0.2) is 8.42 Å². The molecule has 7 heteroatoms. The summed E-state index contributed by atoms with van der Waals surface area (Å²) in [6.45, 7) is 7.70. The van der Waals surface area contributed by atoms with E-state index in [4.69, 9.17) is 6.42 Å². The predicted molar refractivity (Wildman–Crippen MR) is 121 cm³/mol. The molecule has 30 heavy (non-hydrogen) atoms. The molecule has 0 fully saturated rings. The third kappa shape index (κ3) is 4.40. The summed E-state index contributed by atoms with van der Waals surface area (Å²) in [7, 11) is -3.33. The molecule has 0 saturated heterocycles. The van der Waals surface area contributed by atoms with Crippen molar-refractivity contribution < 1.29 is 13.2 Å². The molecule has 0 aliphatic carbocycles. The molecule has 0 atom stereocenters. The number of carbonyl (C=O) groups is 1. The minimum absolute atomic E-state index is 0.0877. The summed E-state index contributed by atoms with van der Waals surface area (Å²) in [5.41, 5.74) is 4.00. The molecule has 0 spiro atoms. The van der Waals surface area contributed by atoms with Crippen molar-refractivity contribution in [3.05, 3.63) is 57.9 Å². The molecule has 0 aliphatic heterocycles. The number of benzene rings is 2. The van der Waals surface area contributed by atoms with E-state index in [1.165, 1.54) is 16.9 Å². The van der Waals surface area contributed by atoms with Crippen molar-refractivity contribution in [3.63, 3.8) is 0 Å². The molecule has 3 aromatic rings. The van der Waals surface area contributed by atoms with Gasteiger partial charge in [0.2, 0.25) is 0 Å². The Labute approximate surface area is 181 Å². The molecule has 1 heterocycles. The van der Waals surface area contributed by atoms with Gasteiger partial charge in [-0.1, -0.05) is 29.4 Å². The summed E-state index contributed by atoms with van der Waals surface area (Å²) in [4.78, 5) is 17.7. The van der Waals surface area contributed by atoms with Crippen molar-refractivity contribution in [1.82, 2.24) is 4.57 Å². The number of carbonyl (C=O) groups excluding carboxylic acids is 1. The lowest BCUT2D eigenvalue weighted by atomic mass is 10.1. The number of aryl methyl sites for hydroxylation is 2. The Hall–Kier alpha value is -2.69. The van der Waals surface area contributed by atoms with Gasteiger partial charge in [-0.2, -0.15) is 4.99 Å². The second-order valence-corrected chi connectivity index (χ2v) is 11.0. The van der Waals surface area contributed by atoms with Crippen LogP contribution in [0.4, 0.5) is 0 Å². The number of nitrogens with zero attached hydrogens (tertiary/aromatic N) is 2. The van der Waals surface area contributed by atoms with Gasteiger partial charge in [-0.15, -0.1) is 6.42 Å². The monoisotopic (exact) mass is 440 g/mol. The molecule has 0 aliphatic rings. The van der Waals surface area contributed by atoms with Crippen molar-refractivity contribution in [1.29, 1.82) is 0 Å². The lowest BCUT2D eigenvalue weighted by Gasteiger charge is -2.08. The fraction of sp³-hybridized carbons (Fsp3) is 0.304. The summed E-state index contributed by atoms with van der Waals surface area (Å²) in [5.74, 6) is 2.33. The van der Waals surface area contributed by atoms with E-state index < -0.39 is 15.1 Å². The zero-order valence-corrected chi connectivity index (χ0v) is 19.1. The van der Waals surface area contributed by atoms with Crippen LogP contribution in [0.2, 0.25) is 0 Å². The smallest absolute Gasteiger partial charge is 0.252 e. The number of hydrogen-bond acceptors (Lipinski definition) is 4. The minimum Gasteiger partial charge on any atom is -0.305 e. The Morgan fingerprint density at radius 3 is 2.40 bits per heavy atom. The van der Waals surface area contributed by atoms with Crippen LogP contribution >= 0.6 is 11.3 Å². The molecule has 1 amide bonds. The lowest BCUT2D eigenvalue weighted by Crippen LogP contribution is -2.17. The zero-order chi connectivity index (χ0) is 22.1. The van der Waals surface area contributed by atoms with Crippen LogP contribution in [0.15, 0.2) is 46.3 Å². The Kier molecular flexibility index (Phi) is 6.30. The molecule has 5 nitrogen and oxygen atoms in total. The summed E-state index contributed by atoms with van der Waals surface area (Å²) >= 11 is 1.44. The Balaban J connectivity index is 1.92. The van der Waals surface area contributed by atoms with Gasteiger partial charge in [0.05, 0.1) is 33.3 Å². The number of thiazole rings is 1. The predicted octanol–water partition coefficient (Wildman–Crippen LogP) is 3.80. The highest BCUT2D eigenvalue weighted by Gasteiger charge is 2.19. The van der Waals surface area contributed by atoms with Crippen LogP contribution < -0.4 is 4.80 Å². The molecule has 1 aromatic heterocycles. The first-order valence-electron chi connectivity index (χ1n) is 9.58. The Morgan fingerprint density at radius 2 is 1.80 bits per heavy atom. The fourth-order valence-electron chi connectivity index (χ4n) is 3.04. The first-order chi connectivity index (χ1) is 14.1. The summed E-state index contributed by atoms with van der Waals surface area (Å²) in [6, 6.07) is 10.6. The van der Waals surface area contributed by atoms with Crippen LogP contribution in [0.25, 0.3) is 10.2 Å². The average molecular weight is 441 g/mol. The number of rotatable bonds is 5. The van der Waals surface area contributed by atoms with Crippen LogP contribution in [0, 0.1) is 26.2 Å². The SMILES string of the molecule is C#CCn1c(=NC(=O)Cc2ccc(S(=O)(=O)C(C)C)cc2)sc2cc(C)c(C)cc21. The molecule has 0 saturated carbocycles. The third-order valence-corrected chi connectivity index (χ3v) is 8.21. The van der Waals surface area contributed by atoms with Gasteiger partial charge in [0, 0.05) is 0 Å².